The van der Waals surface area contributed by atoms with Gasteiger partial charge in [-0.25, -0.2) is 8.78 Å². The highest BCUT2D eigenvalue weighted by Crippen LogP contribution is 2.18. The molecule has 19 heavy (non-hydrogen) atoms. The maximum absolute atomic E-state index is 13.3. The summed E-state index contributed by atoms with van der Waals surface area (Å²) in [5, 5.41) is 0. The van der Waals surface area contributed by atoms with Gasteiger partial charge in [-0.2, -0.15) is 0 Å². The van der Waals surface area contributed by atoms with Crippen molar-refractivity contribution in [1.82, 2.24) is 0 Å². The molecule has 0 atom stereocenters. The van der Waals surface area contributed by atoms with Gasteiger partial charge < -0.3 is 10.5 Å². The minimum atomic E-state index is -0.464. The van der Waals surface area contributed by atoms with Crippen LogP contribution in [0.15, 0.2) is 42.5 Å². The van der Waals surface area contributed by atoms with E-state index in [-0.39, 0.29) is 17.3 Å². The second kappa shape index (κ2) is 5.75. The molecule has 0 aliphatic carbocycles. The average molecular weight is 279 g/mol. The smallest absolute Gasteiger partial charge is 0.165 e. The molecule has 0 radical (unpaired) electrons. The van der Waals surface area contributed by atoms with Crippen molar-refractivity contribution in [2.75, 3.05) is 0 Å². The molecule has 0 heterocycles. The Morgan fingerprint density at radius 2 is 1.89 bits per heavy atom. The summed E-state index contributed by atoms with van der Waals surface area (Å²) in [6, 6.07) is 10.2. The van der Waals surface area contributed by atoms with Crippen molar-refractivity contribution in [3.63, 3.8) is 0 Å². The first-order valence-corrected chi connectivity index (χ1v) is 5.93. The first-order valence-electron chi connectivity index (χ1n) is 5.53. The second-order valence-corrected chi connectivity index (χ2v) is 4.37. The molecular weight excluding hydrogens is 268 g/mol. The monoisotopic (exact) mass is 279 g/mol. The Labute approximate surface area is 114 Å². The SMILES string of the molecule is NC(=S)c1cc(F)cc(COc2ccccc2F)c1. The van der Waals surface area contributed by atoms with Crippen LogP contribution in [0.3, 0.4) is 0 Å². The Morgan fingerprint density at radius 3 is 2.58 bits per heavy atom. The maximum Gasteiger partial charge on any atom is 0.165 e. The van der Waals surface area contributed by atoms with E-state index < -0.39 is 11.6 Å². The zero-order valence-corrected chi connectivity index (χ0v) is 10.7. The molecule has 5 heteroatoms. The van der Waals surface area contributed by atoms with Gasteiger partial charge >= 0.3 is 0 Å². The summed E-state index contributed by atoms with van der Waals surface area (Å²) >= 11 is 4.79. The number of halogens is 2. The summed E-state index contributed by atoms with van der Waals surface area (Å²) in [7, 11) is 0. The van der Waals surface area contributed by atoms with Crippen LogP contribution in [0.1, 0.15) is 11.1 Å². The highest BCUT2D eigenvalue weighted by atomic mass is 32.1. The lowest BCUT2D eigenvalue weighted by molar-refractivity contribution is 0.290. The Balaban J connectivity index is 2.16. The molecule has 0 amide bonds. The molecule has 0 aromatic heterocycles. The van der Waals surface area contributed by atoms with Crippen LogP contribution in [-0.4, -0.2) is 4.99 Å². The van der Waals surface area contributed by atoms with E-state index in [2.05, 4.69) is 0 Å². The van der Waals surface area contributed by atoms with Crippen molar-refractivity contribution in [2.45, 2.75) is 6.61 Å². The van der Waals surface area contributed by atoms with Gasteiger partial charge in [0.05, 0.1) is 0 Å². The number of para-hydroxylation sites is 1. The second-order valence-electron chi connectivity index (χ2n) is 3.93. The molecule has 0 saturated carbocycles. The molecule has 0 bridgehead atoms. The van der Waals surface area contributed by atoms with E-state index in [9.17, 15) is 8.78 Å². The van der Waals surface area contributed by atoms with Crippen LogP contribution in [0.4, 0.5) is 8.78 Å². The standard InChI is InChI=1S/C14H11F2NOS/c15-11-6-9(5-10(7-11)14(17)19)8-18-13-4-2-1-3-12(13)16/h1-7H,8H2,(H2,17,19). The first kappa shape index (κ1) is 13.4. The highest BCUT2D eigenvalue weighted by molar-refractivity contribution is 7.80. The molecule has 2 aromatic rings. The molecule has 2 aromatic carbocycles. The number of thiocarbonyl (C=S) groups is 1. The molecule has 0 aliphatic heterocycles. The topological polar surface area (TPSA) is 35.2 Å². The third-order valence-corrected chi connectivity index (χ3v) is 2.71. The molecule has 0 fully saturated rings. The number of rotatable bonds is 4. The predicted molar refractivity (Wildman–Crippen MR) is 73.0 cm³/mol. The number of nitrogens with two attached hydrogens (primary N) is 1. The van der Waals surface area contributed by atoms with E-state index >= 15 is 0 Å². The fourth-order valence-electron chi connectivity index (χ4n) is 1.60. The van der Waals surface area contributed by atoms with Crippen molar-refractivity contribution in [2.24, 2.45) is 5.73 Å². The molecule has 2 nitrogen and oxygen atoms in total. The van der Waals surface area contributed by atoms with E-state index in [1.54, 1.807) is 18.2 Å². The quantitative estimate of drug-likeness (QED) is 0.873. The highest BCUT2D eigenvalue weighted by Gasteiger charge is 2.06. The number of ether oxygens (including phenoxy) is 1. The van der Waals surface area contributed by atoms with Crippen LogP contribution in [0.5, 0.6) is 5.75 Å². The third kappa shape index (κ3) is 3.48. The Hall–Kier alpha value is -2.01. The minimum Gasteiger partial charge on any atom is -0.486 e. The fourth-order valence-corrected chi connectivity index (χ4v) is 1.72. The lowest BCUT2D eigenvalue weighted by Crippen LogP contribution is -2.10. The van der Waals surface area contributed by atoms with Gasteiger partial charge in [-0.05, 0) is 35.9 Å². The zero-order valence-electron chi connectivity index (χ0n) is 9.90. The summed E-state index contributed by atoms with van der Waals surface area (Å²) in [6.45, 7) is 0.0360. The van der Waals surface area contributed by atoms with Gasteiger partial charge in [0.1, 0.15) is 17.4 Å². The van der Waals surface area contributed by atoms with Crippen LogP contribution in [0.2, 0.25) is 0 Å². The molecular formula is C14H11F2NOS. The Morgan fingerprint density at radius 1 is 1.16 bits per heavy atom. The van der Waals surface area contributed by atoms with Crippen molar-refractivity contribution in [3.05, 3.63) is 65.2 Å². The molecule has 0 aliphatic rings. The summed E-state index contributed by atoms with van der Waals surface area (Å²) in [6.07, 6.45) is 0. The number of hydrogen-bond acceptors (Lipinski definition) is 2. The summed E-state index contributed by atoms with van der Waals surface area (Å²) in [5.74, 6) is -0.811. The Bertz CT molecular complexity index is 616. The third-order valence-electron chi connectivity index (χ3n) is 2.47. The van der Waals surface area contributed by atoms with E-state index in [1.807, 2.05) is 0 Å². The van der Waals surface area contributed by atoms with Gasteiger partial charge in [0, 0.05) is 5.56 Å². The first-order chi connectivity index (χ1) is 9.06. The van der Waals surface area contributed by atoms with Crippen molar-refractivity contribution >= 4 is 17.2 Å². The normalized spacial score (nSPS) is 10.2. The fraction of sp³-hybridized carbons (Fsp3) is 0.0714. The van der Waals surface area contributed by atoms with Gasteiger partial charge in [0.2, 0.25) is 0 Å². The van der Waals surface area contributed by atoms with Crippen LogP contribution in [0.25, 0.3) is 0 Å². The lowest BCUT2D eigenvalue weighted by Gasteiger charge is -2.08. The van der Waals surface area contributed by atoms with Gasteiger partial charge in [0.15, 0.2) is 11.6 Å². The van der Waals surface area contributed by atoms with Crippen LogP contribution in [-0.2, 0) is 6.61 Å². The van der Waals surface area contributed by atoms with Gasteiger partial charge in [-0.1, -0.05) is 24.4 Å². The minimum absolute atomic E-state index is 0.0360. The van der Waals surface area contributed by atoms with Crippen molar-refractivity contribution < 1.29 is 13.5 Å². The number of benzene rings is 2. The maximum atomic E-state index is 13.3. The van der Waals surface area contributed by atoms with Gasteiger partial charge in [0.25, 0.3) is 0 Å². The van der Waals surface area contributed by atoms with Crippen molar-refractivity contribution in [1.29, 1.82) is 0 Å². The summed E-state index contributed by atoms with van der Waals surface area (Å²) in [5.41, 5.74) is 6.40. The lowest BCUT2D eigenvalue weighted by atomic mass is 10.1. The van der Waals surface area contributed by atoms with Crippen molar-refractivity contribution in [3.8, 4) is 5.75 Å². The molecule has 2 rings (SSSR count). The van der Waals surface area contributed by atoms with Gasteiger partial charge in [-0.15, -0.1) is 0 Å². The molecule has 2 N–H and O–H groups in total. The van der Waals surface area contributed by atoms with E-state index in [0.717, 1.165) is 0 Å². The Kier molecular flexibility index (Phi) is 4.06. The van der Waals surface area contributed by atoms with Gasteiger partial charge in [-0.3, -0.25) is 0 Å². The van der Waals surface area contributed by atoms with E-state index in [4.69, 9.17) is 22.7 Å². The number of hydrogen-bond donors (Lipinski definition) is 1. The molecule has 98 valence electrons. The molecule has 0 spiro atoms. The largest absolute Gasteiger partial charge is 0.486 e. The summed E-state index contributed by atoms with van der Waals surface area (Å²) in [4.78, 5) is 0.103. The predicted octanol–water partition coefficient (Wildman–Crippen LogP) is 3.18. The average Bonchev–Trinajstić information content (AvgIpc) is 2.37. The van der Waals surface area contributed by atoms with E-state index in [0.29, 0.717) is 11.1 Å². The van der Waals surface area contributed by atoms with Crippen LogP contribution < -0.4 is 10.5 Å². The van der Waals surface area contributed by atoms with Crippen LogP contribution >= 0.6 is 12.2 Å². The van der Waals surface area contributed by atoms with Crippen LogP contribution in [0, 0.1) is 11.6 Å². The molecule has 0 unspecified atom stereocenters. The molecule has 0 saturated heterocycles. The zero-order chi connectivity index (χ0) is 13.8. The van der Waals surface area contributed by atoms with E-state index in [1.165, 1.54) is 24.3 Å². The summed E-state index contributed by atoms with van der Waals surface area (Å²) < 4.78 is 32.0.